The topological polar surface area (TPSA) is 49.9 Å². The third-order valence-electron chi connectivity index (χ3n) is 4.74. The SMILES string of the molecule is O=C1c2ccccc2C(=O)N1CC1CN(Cc2ccccc2)CCO1. The van der Waals surface area contributed by atoms with E-state index in [1.807, 2.05) is 18.2 Å². The van der Waals surface area contributed by atoms with Crippen molar-refractivity contribution in [1.29, 1.82) is 0 Å². The summed E-state index contributed by atoms with van der Waals surface area (Å²) >= 11 is 0. The summed E-state index contributed by atoms with van der Waals surface area (Å²) in [6.07, 6.45) is -0.153. The predicted octanol–water partition coefficient (Wildman–Crippen LogP) is 2.18. The van der Waals surface area contributed by atoms with E-state index < -0.39 is 0 Å². The number of nitrogens with zero attached hydrogens (tertiary/aromatic N) is 2. The molecule has 1 fully saturated rings. The van der Waals surface area contributed by atoms with Crippen LogP contribution in [0.5, 0.6) is 0 Å². The molecule has 2 heterocycles. The van der Waals surface area contributed by atoms with E-state index in [1.165, 1.54) is 10.5 Å². The molecular weight excluding hydrogens is 316 g/mol. The summed E-state index contributed by atoms with van der Waals surface area (Å²) in [5, 5.41) is 0. The first-order valence-corrected chi connectivity index (χ1v) is 8.55. The van der Waals surface area contributed by atoms with Crippen molar-refractivity contribution in [3.63, 3.8) is 0 Å². The maximum atomic E-state index is 12.5. The number of fused-ring (bicyclic) bond motifs is 1. The molecule has 2 aromatic rings. The van der Waals surface area contributed by atoms with Crippen LogP contribution < -0.4 is 0 Å². The number of hydrogen-bond donors (Lipinski definition) is 0. The monoisotopic (exact) mass is 336 g/mol. The van der Waals surface area contributed by atoms with Crippen LogP contribution in [0, 0.1) is 0 Å². The van der Waals surface area contributed by atoms with Crippen molar-refractivity contribution in [2.75, 3.05) is 26.2 Å². The van der Waals surface area contributed by atoms with E-state index in [1.54, 1.807) is 24.3 Å². The summed E-state index contributed by atoms with van der Waals surface area (Å²) < 4.78 is 5.82. The standard InChI is InChI=1S/C20H20N2O3/c23-19-17-8-4-5-9-18(17)20(24)22(19)14-16-13-21(10-11-25-16)12-15-6-2-1-3-7-15/h1-9,16H,10-14H2. The minimum absolute atomic E-state index is 0.153. The number of imide groups is 1. The zero-order chi connectivity index (χ0) is 17.2. The molecule has 2 amide bonds. The molecule has 4 rings (SSSR count). The van der Waals surface area contributed by atoms with Crippen molar-refractivity contribution in [3.8, 4) is 0 Å². The predicted molar refractivity (Wildman–Crippen MR) is 93.3 cm³/mol. The fourth-order valence-electron chi connectivity index (χ4n) is 3.48. The van der Waals surface area contributed by atoms with Crippen LogP contribution in [0.3, 0.4) is 0 Å². The molecule has 1 saturated heterocycles. The largest absolute Gasteiger partial charge is 0.374 e. The van der Waals surface area contributed by atoms with Gasteiger partial charge in [-0.15, -0.1) is 0 Å². The Hall–Kier alpha value is -2.50. The smallest absolute Gasteiger partial charge is 0.261 e. The summed E-state index contributed by atoms with van der Waals surface area (Å²) in [5.41, 5.74) is 2.23. The lowest BCUT2D eigenvalue weighted by Gasteiger charge is -2.34. The van der Waals surface area contributed by atoms with Crippen molar-refractivity contribution in [1.82, 2.24) is 9.80 Å². The Bertz CT molecular complexity index is 756. The molecule has 1 atom stereocenters. The van der Waals surface area contributed by atoms with Crippen molar-refractivity contribution in [3.05, 3.63) is 71.3 Å². The first-order chi connectivity index (χ1) is 12.2. The number of amides is 2. The number of hydrogen-bond acceptors (Lipinski definition) is 4. The highest BCUT2D eigenvalue weighted by Gasteiger charge is 2.37. The molecule has 0 aliphatic carbocycles. The highest BCUT2D eigenvalue weighted by atomic mass is 16.5. The summed E-state index contributed by atoms with van der Waals surface area (Å²) in [7, 11) is 0. The van der Waals surface area contributed by atoms with E-state index in [2.05, 4.69) is 17.0 Å². The van der Waals surface area contributed by atoms with Crippen molar-refractivity contribution >= 4 is 11.8 Å². The van der Waals surface area contributed by atoms with Gasteiger partial charge in [0, 0.05) is 19.6 Å². The first kappa shape index (κ1) is 16.0. The third kappa shape index (κ3) is 3.21. The number of morpholine rings is 1. The van der Waals surface area contributed by atoms with E-state index in [4.69, 9.17) is 4.74 Å². The molecule has 0 spiro atoms. The number of ether oxygens (including phenoxy) is 1. The van der Waals surface area contributed by atoms with Gasteiger partial charge in [-0.2, -0.15) is 0 Å². The highest BCUT2D eigenvalue weighted by molar-refractivity contribution is 6.21. The lowest BCUT2D eigenvalue weighted by atomic mass is 10.1. The number of benzene rings is 2. The fourth-order valence-corrected chi connectivity index (χ4v) is 3.48. The number of carbonyl (C=O) groups is 2. The molecular formula is C20H20N2O3. The van der Waals surface area contributed by atoms with Crippen LogP contribution in [0.15, 0.2) is 54.6 Å². The molecule has 2 aliphatic heterocycles. The van der Waals surface area contributed by atoms with E-state index in [0.29, 0.717) is 30.8 Å². The molecule has 128 valence electrons. The Balaban J connectivity index is 1.41. The molecule has 5 heteroatoms. The molecule has 0 radical (unpaired) electrons. The van der Waals surface area contributed by atoms with Crippen LogP contribution in [0.1, 0.15) is 26.3 Å². The summed E-state index contributed by atoms with van der Waals surface area (Å²) in [6.45, 7) is 3.33. The van der Waals surface area contributed by atoms with Gasteiger partial charge in [0.25, 0.3) is 11.8 Å². The van der Waals surface area contributed by atoms with Crippen LogP contribution in [0.25, 0.3) is 0 Å². The van der Waals surface area contributed by atoms with Gasteiger partial charge in [0.2, 0.25) is 0 Å². The molecule has 0 saturated carbocycles. The summed E-state index contributed by atoms with van der Waals surface area (Å²) in [4.78, 5) is 28.6. The Labute approximate surface area is 146 Å². The van der Waals surface area contributed by atoms with Gasteiger partial charge in [-0.3, -0.25) is 19.4 Å². The lowest BCUT2D eigenvalue weighted by Crippen LogP contribution is -2.48. The quantitative estimate of drug-likeness (QED) is 0.803. The maximum Gasteiger partial charge on any atom is 0.261 e. The Morgan fingerprint density at radius 2 is 1.56 bits per heavy atom. The summed E-state index contributed by atoms with van der Waals surface area (Å²) in [6, 6.07) is 17.3. The second-order valence-corrected chi connectivity index (χ2v) is 6.48. The van der Waals surface area contributed by atoms with E-state index in [-0.39, 0.29) is 17.9 Å². The van der Waals surface area contributed by atoms with Gasteiger partial charge < -0.3 is 4.74 Å². The van der Waals surface area contributed by atoms with Crippen LogP contribution in [0.4, 0.5) is 0 Å². The van der Waals surface area contributed by atoms with Crippen LogP contribution in [-0.2, 0) is 11.3 Å². The zero-order valence-corrected chi connectivity index (χ0v) is 13.9. The zero-order valence-electron chi connectivity index (χ0n) is 13.9. The van der Waals surface area contributed by atoms with Crippen molar-refractivity contribution in [2.45, 2.75) is 12.6 Å². The molecule has 1 unspecified atom stereocenters. The van der Waals surface area contributed by atoms with Crippen molar-refractivity contribution in [2.24, 2.45) is 0 Å². The minimum Gasteiger partial charge on any atom is -0.374 e. The van der Waals surface area contributed by atoms with Gasteiger partial charge in [-0.05, 0) is 17.7 Å². The Morgan fingerprint density at radius 1 is 0.920 bits per heavy atom. The molecule has 0 N–H and O–H groups in total. The van der Waals surface area contributed by atoms with Gasteiger partial charge in [-0.25, -0.2) is 0 Å². The second-order valence-electron chi connectivity index (χ2n) is 6.48. The van der Waals surface area contributed by atoms with Crippen LogP contribution in [0.2, 0.25) is 0 Å². The average molecular weight is 336 g/mol. The molecule has 2 aromatic carbocycles. The first-order valence-electron chi connectivity index (χ1n) is 8.55. The molecule has 25 heavy (non-hydrogen) atoms. The normalized spacial score (nSPS) is 20.8. The van der Waals surface area contributed by atoms with E-state index >= 15 is 0 Å². The molecule has 2 aliphatic rings. The third-order valence-corrected chi connectivity index (χ3v) is 4.74. The number of rotatable bonds is 4. The van der Waals surface area contributed by atoms with E-state index in [9.17, 15) is 9.59 Å². The molecule has 0 bridgehead atoms. The van der Waals surface area contributed by atoms with Gasteiger partial charge in [0.05, 0.1) is 30.4 Å². The van der Waals surface area contributed by atoms with E-state index in [0.717, 1.165) is 13.1 Å². The molecule has 0 aromatic heterocycles. The van der Waals surface area contributed by atoms with Crippen LogP contribution in [-0.4, -0.2) is 54.0 Å². The average Bonchev–Trinajstić information content (AvgIpc) is 2.88. The molecule has 5 nitrogen and oxygen atoms in total. The second kappa shape index (κ2) is 6.78. The maximum absolute atomic E-state index is 12.5. The lowest BCUT2D eigenvalue weighted by molar-refractivity contribution is -0.0400. The number of carbonyl (C=O) groups excluding carboxylic acids is 2. The minimum atomic E-state index is -0.218. The summed E-state index contributed by atoms with van der Waals surface area (Å²) in [5.74, 6) is -0.436. The fraction of sp³-hybridized carbons (Fsp3) is 0.300. The Morgan fingerprint density at radius 3 is 2.24 bits per heavy atom. The Kier molecular flexibility index (Phi) is 4.34. The van der Waals surface area contributed by atoms with Gasteiger partial charge in [0.1, 0.15) is 0 Å². The highest BCUT2D eigenvalue weighted by Crippen LogP contribution is 2.23. The van der Waals surface area contributed by atoms with Gasteiger partial charge >= 0.3 is 0 Å². The van der Waals surface area contributed by atoms with Crippen LogP contribution >= 0.6 is 0 Å². The van der Waals surface area contributed by atoms with Crippen molar-refractivity contribution < 1.29 is 14.3 Å². The van der Waals surface area contributed by atoms with Gasteiger partial charge in [0.15, 0.2) is 0 Å². The van der Waals surface area contributed by atoms with Gasteiger partial charge in [-0.1, -0.05) is 42.5 Å².